The summed E-state index contributed by atoms with van der Waals surface area (Å²) < 4.78 is 30.7. The van der Waals surface area contributed by atoms with Crippen molar-refractivity contribution >= 4 is 33.2 Å². The van der Waals surface area contributed by atoms with E-state index in [1.165, 1.54) is 38.4 Å². The molecule has 0 bridgehead atoms. The summed E-state index contributed by atoms with van der Waals surface area (Å²) in [5.41, 5.74) is 0.470. The number of rotatable bonds is 6. The molecule has 0 saturated heterocycles. The van der Waals surface area contributed by atoms with E-state index < -0.39 is 16.1 Å². The molecule has 0 fully saturated rings. The van der Waals surface area contributed by atoms with Crippen molar-refractivity contribution in [2.75, 3.05) is 19.4 Å². The second-order valence-electron chi connectivity index (χ2n) is 5.49. The molecule has 1 unspecified atom stereocenters. The summed E-state index contributed by atoms with van der Waals surface area (Å²) in [6.45, 7) is 1.60. The van der Waals surface area contributed by atoms with E-state index in [-0.39, 0.29) is 10.8 Å². The fraction of sp³-hybridized carbons (Fsp3) is 0.235. The minimum absolute atomic E-state index is 0.149. The average Bonchev–Trinajstić information content (AvgIpc) is 2.57. The monoisotopic (exact) mass is 382 g/mol. The first-order valence-electron chi connectivity index (χ1n) is 7.46. The van der Waals surface area contributed by atoms with Crippen molar-refractivity contribution in [3.63, 3.8) is 0 Å². The van der Waals surface area contributed by atoms with E-state index in [0.717, 1.165) is 4.31 Å². The van der Waals surface area contributed by atoms with Gasteiger partial charge in [-0.15, -0.1) is 0 Å². The van der Waals surface area contributed by atoms with Crippen molar-refractivity contribution < 1.29 is 17.9 Å². The van der Waals surface area contributed by atoms with Crippen LogP contribution in [0.1, 0.15) is 6.92 Å². The van der Waals surface area contributed by atoms with Gasteiger partial charge in [0.1, 0.15) is 5.75 Å². The van der Waals surface area contributed by atoms with E-state index in [1.54, 1.807) is 31.2 Å². The number of nitrogens with zero attached hydrogens (tertiary/aromatic N) is 1. The van der Waals surface area contributed by atoms with Gasteiger partial charge < -0.3 is 10.1 Å². The lowest BCUT2D eigenvalue weighted by atomic mass is 10.3. The number of carbonyl (C=O) groups excluding carboxylic acids is 1. The molecule has 0 heterocycles. The van der Waals surface area contributed by atoms with Gasteiger partial charge in [0, 0.05) is 19.8 Å². The van der Waals surface area contributed by atoms with Crippen LogP contribution < -0.4 is 10.1 Å². The van der Waals surface area contributed by atoms with E-state index in [9.17, 15) is 13.2 Å². The van der Waals surface area contributed by atoms with Crippen LogP contribution in [0.4, 0.5) is 5.69 Å². The molecule has 0 aromatic heterocycles. The van der Waals surface area contributed by atoms with Gasteiger partial charge in [0.05, 0.1) is 9.92 Å². The molecule has 6 nitrogen and oxygen atoms in total. The fourth-order valence-electron chi connectivity index (χ4n) is 1.95. The van der Waals surface area contributed by atoms with E-state index in [2.05, 4.69) is 5.32 Å². The Morgan fingerprint density at radius 2 is 1.72 bits per heavy atom. The molecule has 0 aliphatic carbocycles. The zero-order valence-corrected chi connectivity index (χ0v) is 15.6. The standard InChI is InChI=1S/C17H19ClN2O4S/c1-12(24-16-7-5-4-6-15(16)18)17(21)19-13-8-10-14(11-9-13)25(22,23)20(2)3/h4-12H,1-3H3,(H,19,21). The zero-order valence-electron chi connectivity index (χ0n) is 14.1. The van der Waals surface area contributed by atoms with Gasteiger partial charge >= 0.3 is 0 Å². The van der Waals surface area contributed by atoms with Gasteiger partial charge in [-0.25, -0.2) is 12.7 Å². The van der Waals surface area contributed by atoms with Crippen LogP contribution in [0.25, 0.3) is 0 Å². The normalized spacial score (nSPS) is 12.7. The Morgan fingerprint density at radius 3 is 2.28 bits per heavy atom. The highest BCUT2D eigenvalue weighted by Gasteiger charge is 2.18. The topological polar surface area (TPSA) is 75.7 Å². The zero-order chi connectivity index (χ0) is 18.6. The largest absolute Gasteiger partial charge is 0.479 e. The van der Waals surface area contributed by atoms with Crippen LogP contribution in [-0.2, 0) is 14.8 Å². The van der Waals surface area contributed by atoms with Crippen molar-refractivity contribution in [2.45, 2.75) is 17.9 Å². The lowest BCUT2D eigenvalue weighted by Crippen LogP contribution is -2.30. The molecule has 2 aromatic carbocycles. The molecule has 0 aliphatic rings. The van der Waals surface area contributed by atoms with Crippen LogP contribution in [0.3, 0.4) is 0 Å². The summed E-state index contributed by atoms with van der Waals surface area (Å²) in [4.78, 5) is 12.4. The molecule has 1 N–H and O–H groups in total. The number of amides is 1. The van der Waals surface area contributed by atoms with Crippen LogP contribution >= 0.6 is 11.6 Å². The fourth-order valence-corrected chi connectivity index (χ4v) is 3.03. The van der Waals surface area contributed by atoms with Gasteiger partial charge in [-0.3, -0.25) is 4.79 Å². The van der Waals surface area contributed by atoms with Gasteiger partial charge in [0.25, 0.3) is 5.91 Å². The van der Waals surface area contributed by atoms with Crippen molar-refractivity contribution in [1.82, 2.24) is 4.31 Å². The smallest absolute Gasteiger partial charge is 0.265 e. The number of para-hydroxylation sites is 1. The van der Waals surface area contributed by atoms with E-state index in [4.69, 9.17) is 16.3 Å². The van der Waals surface area contributed by atoms with Crippen LogP contribution in [-0.4, -0.2) is 38.8 Å². The van der Waals surface area contributed by atoms with Crippen LogP contribution in [0, 0.1) is 0 Å². The second-order valence-corrected chi connectivity index (χ2v) is 8.05. The summed E-state index contributed by atoms with van der Waals surface area (Å²) in [7, 11) is -0.588. The third-order valence-corrected chi connectivity index (χ3v) is 5.55. The van der Waals surface area contributed by atoms with Crippen molar-refractivity contribution in [1.29, 1.82) is 0 Å². The SMILES string of the molecule is CC(Oc1ccccc1Cl)C(=O)Nc1ccc(S(=O)(=O)N(C)C)cc1. The number of carbonyl (C=O) groups is 1. The Kier molecular flexibility index (Phi) is 6.05. The Balaban J connectivity index is 2.04. The Bertz CT molecular complexity index is 851. The molecule has 1 atom stereocenters. The average molecular weight is 383 g/mol. The number of halogens is 1. The molecular formula is C17H19ClN2O4S. The number of sulfonamides is 1. The minimum atomic E-state index is -3.50. The maximum atomic E-state index is 12.2. The Labute approximate surface area is 152 Å². The number of hydrogen-bond donors (Lipinski definition) is 1. The van der Waals surface area contributed by atoms with Crippen molar-refractivity contribution in [2.24, 2.45) is 0 Å². The summed E-state index contributed by atoms with van der Waals surface area (Å²) in [6.07, 6.45) is -0.773. The summed E-state index contributed by atoms with van der Waals surface area (Å²) in [5.74, 6) is 0.0439. The predicted octanol–water partition coefficient (Wildman–Crippen LogP) is 3.00. The van der Waals surface area contributed by atoms with Crippen LogP contribution in [0.5, 0.6) is 5.75 Å². The van der Waals surface area contributed by atoms with Gasteiger partial charge in [-0.1, -0.05) is 23.7 Å². The Hall–Kier alpha value is -2.09. The number of ether oxygens (including phenoxy) is 1. The Morgan fingerprint density at radius 1 is 1.12 bits per heavy atom. The van der Waals surface area contributed by atoms with Gasteiger partial charge in [0.2, 0.25) is 10.0 Å². The van der Waals surface area contributed by atoms with Gasteiger partial charge in [-0.2, -0.15) is 0 Å². The van der Waals surface area contributed by atoms with E-state index in [1.807, 2.05) is 0 Å². The number of hydrogen-bond acceptors (Lipinski definition) is 4. The highest BCUT2D eigenvalue weighted by Crippen LogP contribution is 2.24. The molecule has 2 aromatic rings. The third kappa shape index (κ3) is 4.72. The molecule has 2 rings (SSSR count). The number of benzene rings is 2. The molecule has 0 aliphatic heterocycles. The molecule has 134 valence electrons. The molecule has 0 saturated carbocycles. The molecule has 0 spiro atoms. The van der Waals surface area contributed by atoms with Gasteiger partial charge in [-0.05, 0) is 43.3 Å². The lowest BCUT2D eigenvalue weighted by Gasteiger charge is -2.16. The molecular weight excluding hydrogens is 364 g/mol. The van der Waals surface area contributed by atoms with Gasteiger partial charge in [0.15, 0.2) is 6.10 Å². The number of nitrogens with one attached hydrogen (secondary N) is 1. The maximum absolute atomic E-state index is 12.2. The highest BCUT2D eigenvalue weighted by atomic mass is 35.5. The first-order valence-corrected chi connectivity index (χ1v) is 9.28. The van der Waals surface area contributed by atoms with Crippen molar-refractivity contribution in [3.8, 4) is 5.75 Å². The molecule has 0 radical (unpaired) electrons. The summed E-state index contributed by atoms with van der Waals surface area (Å²) >= 11 is 6.00. The summed E-state index contributed by atoms with van der Waals surface area (Å²) in [5, 5.41) is 3.09. The summed E-state index contributed by atoms with van der Waals surface area (Å²) in [6, 6.07) is 12.8. The quantitative estimate of drug-likeness (QED) is 0.833. The molecule has 1 amide bonds. The second kappa shape index (κ2) is 7.86. The maximum Gasteiger partial charge on any atom is 0.265 e. The van der Waals surface area contributed by atoms with Crippen LogP contribution in [0.15, 0.2) is 53.4 Å². The molecule has 8 heteroatoms. The highest BCUT2D eigenvalue weighted by molar-refractivity contribution is 7.89. The molecule has 25 heavy (non-hydrogen) atoms. The van der Waals surface area contributed by atoms with E-state index in [0.29, 0.717) is 16.5 Å². The first kappa shape index (κ1) is 19.2. The van der Waals surface area contributed by atoms with Crippen molar-refractivity contribution in [3.05, 3.63) is 53.6 Å². The first-order chi connectivity index (χ1) is 11.7. The van der Waals surface area contributed by atoms with E-state index >= 15 is 0 Å². The predicted molar refractivity (Wildman–Crippen MR) is 97.5 cm³/mol. The number of anilines is 1. The lowest BCUT2D eigenvalue weighted by molar-refractivity contribution is -0.122. The third-order valence-electron chi connectivity index (χ3n) is 3.41. The minimum Gasteiger partial charge on any atom is -0.479 e. The van der Waals surface area contributed by atoms with Crippen LogP contribution in [0.2, 0.25) is 5.02 Å².